The summed E-state index contributed by atoms with van der Waals surface area (Å²) in [5, 5.41) is 10.9. The van der Waals surface area contributed by atoms with Gasteiger partial charge in [-0.2, -0.15) is 0 Å². The Morgan fingerprint density at radius 1 is 1.20 bits per heavy atom. The van der Waals surface area contributed by atoms with E-state index in [1.165, 1.54) is 4.68 Å². The van der Waals surface area contributed by atoms with Crippen LogP contribution >= 0.6 is 11.6 Å². The standard InChI is InChI=1S/C17H13ClF2N4O/c1-10-16(22-23-24(10)15-4-2-3-12(18)7-15)17(25)21-9-11-5-13(19)8-14(20)6-11/h2-8H,9H2,1H3,(H,21,25). The zero-order valence-electron chi connectivity index (χ0n) is 13.1. The second kappa shape index (κ2) is 6.98. The average Bonchev–Trinajstić information content (AvgIpc) is 2.93. The van der Waals surface area contributed by atoms with Gasteiger partial charge in [-0.15, -0.1) is 5.10 Å². The van der Waals surface area contributed by atoms with Gasteiger partial charge >= 0.3 is 0 Å². The minimum absolute atomic E-state index is 0.0308. The number of hydrogen-bond donors (Lipinski definition) is 1. The van der Waals surface area contributed by atoms with E-state index in [-0.39, 0.29) is 12.2 Å². The SMILES string of the molecule is Cc1c(C(=O)NCc2cc(F)cc(F)c2)nnn1-c1cccc(Cl)c1. The highest BCUT2D eigenvalue weighted by Gasteiger charge is 2.17. The molecule has 0 aliphatic carbocycles. The molecule has 128 valence electrons. The Hall–Kier alpha value is -2.80. The molecule has 0 spiro atoms. The lowest BCUT2D eigenvalue weighted by Gasteiger charge is -2.06. The van der Waals surface area contributed by atoms with Crippen molar-refractivity contribution >= 4 is 17.5 Å². The van der Waals surface area contributed by atoms with E-state index < -0.39 is 17.5 Å². The van der Waals surface area contributed by atoms with Gasteiger partial charge in [-0.05, 0) is 42.8 Å². The van der Waals surface area contributed by atoms with Crippen LogP contribution in [-0.2, 0) is 6.54 Å². The molecule has 5 nitrogen and oxygen atoms in total. The van der Waals surface area contributed by atoms with Gasteiger partial charge in [0.05, 0.1) is 11.4 Å². The lowest BCUT2D eigenvalue weighted by Crippen LogP contribution is -2.24. The van der Waals surface area contributed by atoms with E-state index in [4.69, 9.17) is 11.6 Å². The van der Waals surface area contributed by atoms with Crippen LogP contribution in [0.5, 0.6) is 0 Å². The lowest BCUT2D eigenvalue weighted by molar-refractivity contribution is 0.0945. The zero-order valence-corrected chi connectivity index (χ0v) is 13.9. The van der Waals surface area contributed by atoms with Crippen molar-refractivity contribution in [2.24, 2.45) is 0 Å². The van der Waals surface area contributed by atoms with Crippen LogP contribution in [0.15, 0.2) is 42.5 Å². The van der Waals surface area contributed by atoms with Gasteiger partial charge in [0, 0.05) is 17.6 Å². The molecule has 1 heterocycles. The number of nitrogens with zero attached hydrogens (tertiary/aromatic N) is 3. The van der Waals surface area contributed by atoms with E-state index in [1.54, 1.807) is 31.2 Å². The molecule has 0 fully saturated rings. The summed E-state index contributed by atoms with van der Waals surface area (Å²) in [5.41, 5.74) is 1.62. The number of rotatable bonds is 4. The molecule has 0 aliphatic heterocycles. The molecule has 2 aromatic carbocycles. The minimum atomic E-state index is -0.702. The van der Waals surface area contributed by atoms with Crippen LogP contribution in [0, 0.1) is 18.6 Å². The van der Waals surface area contributed by atoms with E-state index in [0.29, 0.717) is 22.0 Å². The lowest BCUT2D eigenvalue weighted by atomic mass is 10.2. The monoisotopic (exact) mass is 362 g/mol. The average molecular weight is 363 g/mol. The molecule has 0 unspecified atom stereocenters. The van der Waals surface area contributed by atoms with Gasteiger partial charge in [0.2, 0.25) is 0 Å². The molecule has 0 bridgehead atoms. The quantitative estimate of drug-likeness (QED) is 0.773. The molecule has 1 aromatic heterocycles. The molecular formula is C17H13ClF2N4O. The predicted octanol–water partition coefficient (Wildman–Crippen LogP) is 3.44. The van der Waals surface area contributed by atoms with Crippen molar-refractivity contribution in [3.63, 3.8) is 0 Å². The topological polar surface area (TPSA) is 59.8 Å². The number of benzene rings is 2. The zero-order chi connectivity index (χ0) is 18.0. The summed E-state index contributed by atoms with van der Waals surface area (Å²) in [5.74, 6) is -1.89. The van der Waals surface area contributed by atoms with Gasteiger partial charge in [0.15, 0.2) is 5.69 Å². The van der Waals surface area contributed by atoms with Crippen LogP contribution in [0.25, 0.3) is 5.69 Å². The summed E-state index contributed by atoms with van der Waals surface area (Å²) in [7, 11) is 0. The maximum atomic E-state index is 13.2. The van der Waals surface area contributed by atoms with Crippen molar-refractivity contribution in [3.8, 4) is 5.69 Å². The van der Waals surface area contributed by atoms with Gasteiger partial charge in [-0.25, -0.2) is 13.5 Å². The largest absolute Gasteiger partial charge is 0.347 e. The molecule has 0 aliphatic rings. The molecule has 0 saturated heterocycles. The van der Waals surface area contributed by atoms with Crippen molar-refractivity contribution < 1.29 is 13.6 Å². The minimum Gasteiger partial charge on any atom is -0.347 e. The molecule has 8 heteroatoms. The van der Waals surface area contributed by atoms with Crippen LogP contribution < -0.4 is 5.32 Å². The third-order valence-electron chi connectivity index (χ3n) is 3.54. The Bertz CT molecular complexity index is 922. The van der Waals surface area contributed by atoms with Gasteiger partial charge in [0.1, 0.15) is 11.6 Å². The van der Waals surface area contributed by atoms with Crippen molar-refractivity contribution in [1.29, 1.82) is 0 Å². The van der Waals surface area contributed by atoms with Crippen molar-refractivity contribution in [2.75, 3.05) is 0 Å². The first-order valence-corrected chi connectivity index (χ1v) is 7.73. The van der Waals surface area contributed by atoms with Crippen LogP contribution in [0.4, 0.5) is 8.78 Å². The van der Waals surface area contributed by atoms with Crippen LogP contribution in [0.2, 0.25) is 5.02 Å². The Labute approximate surface area is 147 Å². The molecule has 0 saturated carbocycles. The maximum absolute atomic E-state index is 13.2. The fourth-order valence-corrected chi connectivity index (χ4v) is 2.56. The maximum Gasteiger partial charge on any atom is 0.274 e. The van der Waals surface area contributed by atoms with Gasteiger partial charge < -0.3 is 5.32 Å². The fraction of sp³-hybridized carbons (Fsp3) is 0.118. The fourth-order valence-electron chi connectivity index (χ4n) is 2.37. The molecule has 0 atom stereocenters. The Morgan fingerprint density at radius 2 is 1.92 bits per heavy atom. The first-order valence-electron chi connectivity index (χ1n) is 7.35. The number of nitrogens with one attached hydrogen (secondary N) is 1. The highest BCUT2D eigenvalue weighted by Crippen LogP contribution is 2.17. The van der Waals surface area contributed by atoms with E-state index in [0.717, 1.165) is 18.2 Å². The number of carbonyl (C=O) groups is 1. The summed E-state index contributed by atoms with van der Waals surface area (Å²) < 4.78 is 27.8. The number of hydrogen-bond acceptors (Lipinski definition) is 3. The smallest absolute Gasteiger partial charge is 0.274 e. The number of halogens is 3. The van der Waals surface area contributed by atoms with E-state index >= 15 is 0 Å². The first kappa shape index (κ1) is 17.0. The second-order valence-corrected chi connectivity index (χ2v) is 5.81. The molecule has 25 heavy (non-hydrogen) atoms. The third-order valence-corrected chi connectivity index (χ3v) is 3.77. The van der Waals surface area contributed by atoms with E-state index in [2.05, 4.69) is 15.6 Å². The van der Waals surface area contributed by atoms with Crippen LogP contribution in [0.3, 0.4) is 0 Å². The highest BCUT2D eigenvalue weighted by molar-refractivity contribution is 6.30. The Balaban J connectivity index is 1.77. The number of carbonyl (C=O) groups excluding carboxylic acids is 1. The second-order valence-electron chi connectivity index (χ2n) is 5.38. The van der Waals surface area contributed by atoms with Gasteiger partial charge in [-0.1, -0.05) is 22.9 Å². The van der Waals surface area contributed by atoms with Crippen molar-refractivity contribution in [1.82, 2.24) is 20.3 Å². The Kier molecular flexibility index (Phi) is 4.76. The number of amides is 1. The molecule has 3 rings (SSSR count). The summed E-state index contributed by atoms with van der Waals surface area (Å²) in [6, 6.07) is 10.0. The molecule has 0 radical (unpaired) electrons. The normalized spacial score (nSPS) is 10.7. The predicted molar refractivity (Wildman–Crippen MR) is 88.6 cm³/mol. The van der Waals surface area contributed by atoms with Crippen LogP contribution in [0.1, 0.15) is 21.7 Å². The Morgan fingerprint density at radius 3 is 2.60 bits per heavy atom. The van der Waals surface area contributed by atoms with E-state index in [9.17, 15) is 13.6 Å². The first-order chi connectivity index (χ1) is 11.9. The summed E-state index contributed by atoms with van der Waals surface area (Å²) in [6.45, 7) is 1.66. The van der Waals surface area contributed by atoms with Crippen LogP contribution in [-0.4, -0.2) is 20.9 Å². The van der Waals surface area contributed by atoms with Crippen molar-refractivity contribution in [2.45, 2.75) is 13.5 Å². The summed E-state index contributed by atoms with van der Waals surface area (Å²) in [4.78, 5) is 12.3. The van der Waals surface area contributed by atoms with Gasteiger partial charge in [-0.3, -0.25) is 4.79 Å². The van der Waals surface area contributed by atoms with Gasteiger partial charge in [0.25, 0.3) is 5.91 Å². The number of aromatic nitrogens is 3. The molecule has 1 N–H and O–H groups in total. The summed E-state index contributed by atoms with van der Waals surface area (Å²) >= 11 is 5.96. The van der Waals surface area contributed by atoms with Crippen molar-refractivity contribution in [3.05, 3.63) is 76.1 Å². The molecule has 1 amide bonds. The molecule has 3 aromatic rings. The third kappa shape index (κ3) is 3.83. The summed E-state index contributed by atoms with van der Waals surface area (Å²) in [6.07, 6.45) is 0. The highest BCUT2D eigenvalue weighted by atomic mass is 35.5. The molecular weight excluding hydrogens is 350 g/mol. The van der Waals surface area contributed by atoms with E-state index in [1.807, 2.05) is 0 Å².